The number of para-hydroxylation sites is 1. The molecule has 0 unspecified atom stereocenters. The lowest BCUT2D eigenvalue weighted by Crippen LogP contribution is -2.07. The largest absolute Gasteiger partial charge is 0.476 e. The Kier molecular flexibility index (Phi) is 4.14. The van der Waals surface area contributed by atoms with Crippen LogP contribution < -0.4 is 0 Å². The number of nitrogens with zero attached hydrogens (tertiary/aromatic N) is 2. The Morgan fingerprint density at radius 2 is 1.83 bits per heavy atom. The number of carboxylic acid groups (broad SMARTS) is 1. The van der Waals surface area contributed by atoms with E-state index >= 15 is 0 Å². The van der Waals surface area contributed by atoms with Gasteiger partial charge in [0.1, 0.15) is 17.3 Å². The molecule has 1 heterocycles. The van der Waals surface area contributed by atoms with Gasteiger partial charge in [-0.05, 0) is 36.4 Å². The summed E-state index contributed by atoms with van der Waals surface area (Å²) in [4.78, 5) is 26.9. The van der Waals surface area contributed by atoms with E-state index in [2.05, 4.69) is 4.98 Å². The van der Waals surface area contributed by atoms with Gasteiger partial charge >= 0.3 is 5.97 Å². The maximum Gasteiger partial charge on any atom is 0.356 e. The zero-order valence-corrected chi connectivity index (χ0v) is 12.9. The second-order valence-corrected chi connectivity index (χ2v) is 5.32. The Balaban J connectivity index is 2.36. The van der Waals surface area contributed by atoms with Crippen molar-refractivity contribution in [2.24, 2.45) is 0 Å². The van der Waals surface area contributed by atoms with Crippen LogP contribution in [-0.2, 0) is 0 Å². The third-order valence-corrected chi connectivity index (χ3v) is 3.67. The lowest BCUT2D eigenvalue weighted by molar-refractivity contribution is 0.0688. The van der Waals surface area contributed by atoms with Crippen molar-refractivity contribution in [1.29, 1.82) is 0 Å². The minimum Gasteiger partial charge on any atom is -0.476 e. The number of halogens is 2. The molecular weight excluding hydrogens is 335 g/mol. The Hall–Kier alpha value is -2.99. The SMILES string of the molecule is O=Cc1c(C(=O)O)nc(-c2ccc(Cl)cc2)n1-c1ccccc1F. The molecule has 3 rings (SSSR count). The van der Waals surface area contributed by atoms with E-state index in [0.29, 0.717) is 16.9 Å². The number of carbonyl (C=O) groups is 2. The summed E-state index contributed by atoms with van der Waals surface area (Å²) in [5.41, 5.74) is -0.154. The number of aromatic carboxylic acids is 1. The van der Waals surface area contributed by atoms with Gasteiger partial charge in [-0.2, -0.15) is 0 Å². The van der Waals surface area contributed by atoms with Crippen LogP contribution in [0, 0.1) is 5.82 Å². The average Bonchev–Trinajstić information content (AvgIpc) is 2.95. The highest BCUT2D eigenvalue weighted by atomic mass is 35.5. The summed E-state index contributed by atoms with van der Waals surface area (Å²) in [7, 11) is 0. The zero-order valence-electron chi connectivity index (χ0n) is 12.1. The number of carboxylic acids is 1. The van der Waals surface area contributed by atoms with E-state index in [4.69, 9.17) is 11.6 Å². The molecule has 0 aliphatic heterocycles. The summed E-state index contributed by atoms with van der Waals surface area (Å²) in [6, 6.07) is 12.2. The van der Waals surface area contributed by atoms with Gasteiger partial charge < -0.3 is 5.11 Å². The highest BCUT2D eigenvalue weighted by molar-refractivity contribution is 6.30. The van der Waals surface area contributed by atoms with Gasteiger partial charge in [-0.3, -0.25) is 9.36 Å². The van der Waals surface area contributed by atoms with E-state index in [1.165, 1.54) is 22.8 Å². The summed E-state index contributed by atoms with van der Waals surface area (Å²) < 4.78 is 15.4. The minimum atomic E-state index is -1.37. The number of hydrogen-bond acceptors (Lipinski definition) is 3. The van der Waals surface area contributed by atoms with Gasteiger partial charge in [0, 0.05) is 10.6 Å². The lowest BCUT2D eigenvalue weighted by atomic mass is 10.2. The fourth-order valence-electron chi connectivity index (χ4n) is 2.37. The summed E-state index contributed by atoms with van der Waals surface area (Å²) in [6.45, 7) is 0. The van der Waals surface area contributed by atoms with Crippen LogP contribution in [0.2, 0.25) is 5.02 Å². The number of carbonyl (C=O) groups excluding carboxylic acids is 1. The monoisotopic (exact) mass is 344 g/mol. The molecule has 0 spiro atoms. The van der Waals surface area contributed by atoms with E-state index in [1.54, 1.807) is 30.3 Å². The molecule has 7 heteroatoms. The molecule has 0 radical (unpaired) electrons. The van der Waals surface area contributed by atoms with Gasteiger partial charge in [-0.15, -0.1) is 0 Å². The number of imidazole rings is 1. The molecule has 0 amide bonds. The zero-order chi connectivity index (χ0) is 17.3. The van der Waals surface area contributed by atoms with Crippen molar-refractivity contribution in [3.63, 3.8) is 0 Å². The van der Waals surface area contributed by atoms with Crippen molar-refractivity contribution in [2.75, 3.05) is 0 Å². The van der Waals surface area contributed by atoms with Crippen LogP contribution in [0.5, 0.6) is 0 Å². The first-order valence-corrected chi connectivity index (χ1v) is 7.22. The van der Waals surface area contributed by atoms with Crippen molar-refractivity contribution < 1.29 is 19.1 Å². The van der Waals surface area contributed by atoms with Crippen LogP contribution in [0.15, 0.2) is 48.5 Å². The first-order chi connectivity index (χ1) is 11.5. The second kappa shape index (κ2) is 6.25. The lowest BCUT2D eigenvalue weighted by Gasteiger charge is -2.10. The number of benzene rings is 2. The molecule has 0 aliphatic carbocycles. The number of aldehydes is 1. The van der Waals surface area contributed by atoms with Crippen LogP contribution in [0.4, 0.5) is 4.39 Å². The molecule has 5 nitrogen and oxygen atoms in total. The molecule has 0 fully saturated rings. The fourth-order valence-corrected chi connectivity index (χ4v) is 2.49. The maximum absolute atomic E-state index is 14.2. The topological polar surface area (TPSA) is 72.2 Å². The molecule has 0 atom stereocenters. The third kappa shape index (κ3) is 2.68. The molecule has 1 aromatic heterocycles. The van der Waals surface area contributed by atoms with Gasteiger partial charge in [-0.25, -0.2) is 14.2 Å². The molecule has 2 aromatic carbocycles. The molecule has 0 bridgehead atoms. The fraction of sp³-hybridized carbons (Fsp3) is 0. The average molecular weight is 345 g/mol. The van der Waals surface area contributed by atoms with Crippen molar-refractivity contribution in [2.45, 2.75) is 0 Å². The third-order valence-electron chi connectivity index (χ3n) is 3.42. The van der Waals surface area contributed by atoms with Crippen LogP contribution >= 0.6 is 11.6 Å². The molecule has 120 valence electrons. The Morgan fingerprint density at radius 3 is 2.42 bits per heavy atom. The van der Waals surface area contributed by atoms with Gasteiger partial charge in [0.2, 0.25) is 0 Å². The summed E-state index contributed by atoms with van der Waals surface area (Å²) in [6.07, 6.45) is 0.350. The van der Waals surface area contributed by atoms with E-state index in [1.807, 2.05) is 0 Å². The van der Waals surface area contributed by atoms with Gasteiger partial charge in [0.25, 0.3) is 0 Å². The molecule has 24 heavy (non-hydrogen) atoms. The van der Waals surface area contributed by atoms with Crippen LogP contribution in [0.3, 0.4) is 0 Å². The van der Waals surface area contributed by atoms with E-state index in [0.717, 1.165) is 0 Å². The predicted octanol–water partition coefficient (Wildman–Crippen LogP) is 3.84. The normalized spacial score (nSPS) is 10.6. The van der Waals surface area contributed by atoms with Crippen LogP contribution in [0.1, 0.15) is 21.0 Å². The quantitative estimate of drug-likeness (QED) is 0.730. The summed E-state index contributed by atoms with van der Waals surface area (Å²) in [5, 5.41) is 9.78. The predicted molar refractivity (Wildman–Crippen MR) is 86.3 cm³/mol. The summed E-state index contributed by atoms with van der Waals surface area (Å²) in [5.74, 6) is -1.84. The second-order valence-electron chi connectivity index (χ2n) is 4.89. The molecule has 1 N–H and O–H groups in total. The molecule has 0 saturated carbocycles. The number of aromatic nitrogens is 2. The Labute approximate surface area is 141 Å². The number of hydrogen-bond donors (Lipinski definition) is 1. The molecular formula is C17H10ClFN2O3. The first kappa shape index (κ1) is 15.9. The van der Waals surface area contributed by atoms with Crippen LogP contribution in [-0.4, -0.2) is 26.9 Å². The maximum atomic E-state index is 14.2. The molecule has 3 aromatic rings. The number of rotatable bonds is 4. The highest BCUT2D eigenvalue weighted by Crippen LogP contribution is 2.28. The van der Waals surface area contributed by atoms with Gasteiger partial charge in [-0.1, -0.05) is 23.7 Å². The summed E-state index contributed by atoms with van der Waals surface area (Å²) >= 11 is 5.86. The van der Waals surface area contributed by atoms with Crippen molar-refractivity contribution in [3.05, 3.63) is 70.8 Å². The van der Waals surface area contributed by atoms with Gasteiger partial charge in [0.05, 0.1) is 5.69 Å². The highest BCUT2D eigenvalue weighted by Gasteiger charge is 2.24. The van der Waals surface area contributed by atoms with Crippen molar-refractivity contribution in [1.82, 2.24) is 9.55 Å². The van der Waals surface area contributed by atoms with Crippen LogP contribution in [0.25, 0.3) is 17.1 Å². The first-order valence-electron chi connectivity index (χ1n) is 6.85. The van der Waals surface area contributed by atoms with E-state index < -0.39 is 17.5 Å². The smallest absolute Gasteiger partial charge is 0.356 e. The Bertz CT molecular complexity index is 936. The molecule has 0 aliphatic rings. The standard InChI is InChI=1S/C17H10ClFN2O3/c18-11-7-5-10(6-8-11)16-20-15(17(23)24)14(9-22)21(16)13-4-2-1-3-12(13)19/h1-9H,(H,23,24). The van der Waals surface area contributed by atoms with Crippen molar-refractivity contribution in [3.8, 4) is 17.1 Å². The van der Waals surface area contributed by atoms with E-state index in [9.17, 15) is 19.1 Å². The van der Waals surface area contributed by atoms with E-state index in [-0.39, 0.29) is 17.2 Å². The minimum absolute atomic E-state index is 0.0320. The van der Waals surface area contributed by atoms with Gasteiger partial charge in [0.15, 0.2) is 12.0 Å². The molecule has 0 saturated heterocycles. The van der Waals surface area contributed by atoms with Crippen molar-refractivity contribution >= 4 is 23.9 Å². The Morgan fingerprint density at radius 1 is 1.17 bits per heavy atom.